The first-order valence-electron chi connectivity index (χ1n) is 8.13. The second kappa shape index (κ2) is 7.24. The first kappa shape index (κ1) is 18.7. The van der Waals surface area contributed by atoms with Crippen molar-refractivity contribution in [2.45, 2.75) is 20.4 Å². The van der Waals surface area contributed by atoms with Gasteiger partial charge in [-0.05, 0) is 31.5 Å². The molecule has 2 aromatic heterocycles. The average Bonchev–Trinajstić information content (AvgIpc) is 3.12. The van der Waals surface area contributed by atoms with Gasteiger partial charge in [0.2, 0.25) is 0 Å². The molecular weight excluding hydrogens is 370 g/mol. The van der Waals surface area contributed by atoms with E-state index < -0.39 is 11.9 Å². The molecular formula is C18H18ClN5O3. The number of nitrogens with zero attached hydrogens (tertiary/aromatic N) is 4. The predicted octanol–water partition coefficient (Wildman–Crippen LogP) is 2.89. The van der Waals surface area contributed by atoms with E-state index >= 15 is 0 Å². The van der Waals surface area contributed by atoms with E-state index in [2.05, 4.69) is 15.5 Å². The van der Waals surface area contributed by atoms with E-state index in [1.807, 2.05) is 19.1 Å². The lowest BCUT2D eigenvalue weighted by atomic mass is 10.2. The van der Waals surface area contributed by atoms with Gasteiger partial charge in [-0.25, -0.2) is 4.79 Å². The smallest absolute Gasteiger partial charge is 0.354 e. The number of carbonyl (C=O) groups is 2. The van der Waals surface area contributed by atoms with Gasteiger partial charge < -0.3 is 10.4 Å². The van der Waals surface area contributed by atoms with Gasteiger partial charge in [0.05, 0.1) is 35.4 Å². The van der Waals surface area contributed by atoms with Gasteiger partial charge in [-0.1, -0.05) is 23.7 Å². The molecule has 140 valence electrons. The van der Waals surface area contributed by atoms with E-state index in [1.54, 1.807) is 23.7 Å². The number of rotatable bonds is 5. The molecule has 1 aromatic carbocycles. The second-order valence-electron chi connectivity index (χ2n) is 6.12. The van der Waals surface area contributed by atoms with Gasteiger partial charge in [-0.15, -0.1) is 0 Å². The number of hydrogen-bond acceptors (Lipinski definition) is 4. The summed E-state index contributed by atoms with van der Waals surface area (Å²) in [4.78, 5) is 23.9. The van der Waals surface area contributed by atoms with Crippen LogP contribution in [0.2, 0.25) is 5.02 Å². The van der Waals surface area contributed by atoms with Crippen molar-refractivity contribution < 1.29 is 14.7 Å². The fraction of sp³-hybridized carbons (Fsp3) is 0.222. The maximum atomic E-state index is 12.6. The van der Waals surface area contributed by atoms with Gasteiger partial charge in [-0.2, -0.15) is 10.2 Å². The summed E-state index contributed by atoms with van der Waals surface area (Å²) in [6.07, 6.45) is 1.24. The second-order valence-corrected chi connectivity index (χ2v) is 6.56. The normalized spacial score (nSPS) is 10.8. The number of carboxylic acids is 1. The zero-order valence-electron chi connectivity index (χ0n) is 15.0. The molecule has 3 aromatic rings. The highest BCUT2D eigenvalue weighted by Gasteiger charge is 2.23. The molecule has 0 saturated carbocycles. The van der Waals surface area contributed by atoms with Crippen LogP contribution in [0, 0.1) is 13.8 Å². The number of nitrogens with one attached hydrogen (secondary N) is 1. The van der Waals surface area contributed by atoms with E-state index in [-0.39, 0.29) is 11.3 Å². The number of aryl methyl sites for hydroxylation is 2. The molecule has 9 heteroatoms. The fourth-order valence-corrected chi connectivity index (χ4v) is 2.96. The highest BCUT2D eigenvalue weighted by molar-refractivity contribution is 6.30. The Bertz CT molecular complexity index is 1020. The summed E-state index contributed by atoms with van der Waals surface area (Å²) in [7, 11) is 1.47. The molecule has 1 amide bonds. The summed E-state index contributed by atoms with van der Waals surface area (Å²) in [6.45, 7) is 4.14. The SMILES string of the molecule is Cc1nn(Cc2ccc(Cl)cc2)c(C)c1NC(=O)c1cnn(C)c1C(=O)O. The summed E-state index contributed by atoms with van der Waals surface area (Å²) in [5.41, 5.74) is 2.79. The quantitative estimate of drug-likeness (QED) is 0.700. The summed E-state index contributed by atoms with van der Waals surface area (Å²) in [6, 6.07) is 7.43. The lowest BCUT2D eigenvalue weighted by Gasteiger charge is -2.07. The van der Waals surface area contributed by atoms with E-state index in [9.17, 15) is 14.7 Å². The monoisotopic (exact) mass is 387 g/mol. The molecule has 2 heterocycles. The zero-order chi connectivity index (χ0) is 19.7. The Morgan fingerprint density at radius 2 is 1.89 bits per heavy atom. The van der Waals surface area contributed by atoms with Crippen molar-refractivity contribution in [3.05, 3.63) is 63.7 Å². The number of aromatic carboxylic acids is 1. The third kappa shape index (κ3) is 3.70. The largest absolute Gasteiger partial charge is 0.477 e. The number of halogens is 1. The van der Waals surface area contributed by atoms with E-state index in [0.717, 1.165) is 15.9 Å². The van der Waals surface area contributed by atoms with Crippen molar-refractivity contribution in [1.82, 2.24) is 19.6 Å². The number of carbonyl (C=O) groups excluding carboxylic acids is 1. The summed E-state index contributed by atoms with van der Waals surface area (Å²) < 4.78 is 2.93. The van der Waals surface area contributed by atoms with Crippen molar-refractivity contribution in [1.29, 1.82) is 0 Å². The minimum Gasteiger partial charge on any atom is -0.477 e. The first-order chi connectivity index (χ1) is 12.8. The molecule has 0 atom stereocenters. The number of hydrogen-bond donors (Lipinski definition) is 2. The predicted molar refractivity (Wildman–Crippen MR) is 100 cm³/mol. The third-order valence-corrected chi connectivity index (χ3v) is 4.50. The van der Waals surface area contributed by atoms with E-state index in [1.165, 1.54) is 13.2 Å². The zero-order valence-corrected chi connectivity index (χ0v) is 15.8. The highest BCUT2D eigenvalue weighted by atomic mass is 35.5. The van der Waals surface area contributed by atoms with Crippen LogP contribution in [0.3, 0.4) is 0 Å². The third-order valence-electron chi connectivity index (χ3n) is 4.25. The summed E-state index contributed by atoms with van der Waals surface area (Å²) in [5.74, 6) is -1.76. The van der Waals surface area contributed by atoms with Crippen LogP contribution in [0.1, 0.15) is 37.8 Å². The number of anilines is 1. The van der Waals surface area contributed by atoms with Gasteiger partial charge in [0.25, 0.3) is 5.91 Å². The number of benzene rings is 1. The molecule has 0 fully saturated rings. The van der Waals surface area contributed by atoms with Gasteiger partial charge in [0.15, 0.2) is 5.69 Å². The maximum absolute atomic E-state index is 12.6. The molecule has 8 nitrogen and oxygen atoms in total. The average molecular weight is 388 g/mol. The molecule has 0 bridgehead atoms. The summed E-state index contributed by atoms with van der Waals surface area (Å²) in [5, 5.41) is 21.0. The molecule has 0 saturated heterocycles. The molecule has 0 aliphatic rings. The lowest BCUT2D eigenvalue weighted by Crippen LogP contribution is -2.18. The number of carboxylic acid groups (broad SMARTS) is 1. The molecule has 0 aliphatic carbocycles. The van der Waals surface area contributed by atoms with Crippen LogP contribution in [-0.4, -0.2) is 36.5 Å². The van der Waals surface area contributed by atoms with Crippen LogP contribution in [-0.2, 0) is 13.6 Å². The van der Waals surface area contributed by atoms with Gasteiger partial charge in [-0.3, -0.25) is 14.2 Å². The fourth-order valence-electron chi connectivity index (χ4n) is 2.83. The topological polar surface area (TPSA) is 102 Å². The molecule has 0 unspecified atom stereocenters. The lowest BCUT2D eigenvalue weighted by molar-refractivity contribution is 0.0680. The van der Waals surface area contributed by atoms with E-state index in [4.69, 9.17) is 11.6 Å². The van der Waals surface area contributed by atoms with Crippen LogP contribution in [0.15, 0.2) is 30.5 Å². The Kier molecular flexibility index (Phi) is 5.00. The minimum absolute atomic E-state index is 0.00532. The Balaban J connectivity index is 1.86. The Morgan fingerprint density at radius 1 is 1.22 bits per heavy atom. The molecule has 0 aliphatic heterocycles. The van der Waals surface area contributed by atoms with Crippen LogP contribution >= 0.6 is 11.6 Å². The van der Waals surface area contributed by atoms with Crippen molar-refractivity contribution in [2.24, 2.45) is 7.05 Å². The highest BCUT2D eigenvalue weighted by Crippen LogP contribution is 2.22. The van der Waals surface area contributed by atoms with Crippen molar-refractivity contribution >= 4 is 29.2 Å². The molecule has 27 heavy (non-hydrogen) atoms. The van der Waals surface area contributed by atoms with E-state index in [0.29, 0.717) is 22.9 Å². The molecule has 0 radical (unpaired) electrons. The number of aromatic nitrogens is 4. The molecule has 2 N–H and O–H groups in total. The van der Waals surface area contributed by atoms with Gasteiger partial charge in [0, 0.05) is 12.1 Å². The van der Waals surface area contributed by atoms with Crippen LogP contribution in [0.25, 0.3) is 0 Å². The summed E-state index contributed by atoms with van der Waals surface area (Å²) >= 11 is 5.91. The van der Waals surface area contributed by atoms with Crippen LogP contribution < -0.4 is 5.32 Å². The minimum atomic E-state index is -1.22. The Labute approximate surface area is 160 Å². The molecule has 0 spiro atoms. The van der Waals surface area contributed by atoms with Crippen LogP contribution in [0.5, 0.6) is 0 Å². The van der Waals surface area contributed by atoms with Crippen molar-refractivity contribution in [3.8, 4) is 0 Å². The number of amides is 1. The maximum Gasteiger partial charge on any atom is 0.354 e. The Morgan fingerprint density at radius 3 is 2.52 bits per heavy atom. The van der Waals surface area contributed by atoms with Gasteiger partial charge >= 0.3 is 5.97 Å². The molecule has 3 rings (SSSR count). The standard InChI is InChI=1S/C18H18ClN5O3/c1-10-15(21-17(25)14-8-20-23(3)16(14)18(26)27)11(2)24(22-10)9-12-4-6-13(19)7-5-12/h4-8H,9H2,1-3H3,(H,21,25)(H,26,27). The Hall–Kier alpha value is -3.13. The van der Waals surface area contributed by atoms with Crippen molar-refractivity contribution in [3.63, 3.8) is 0 Å². The van der Waals surface area contributed by atoms with Crippen molar-refractivity contribution in [2.75, 3.05) is 5.32 Å². The van der Waals surface area contributed by atoms with Crippen LogP contribution in [0.4, 0.5) is 5.69 Å². The van der Waals surface area contributed by atoms with Gasteiger partial charge in [0.1, 0.15) is 0 Å². The first-order valence-corrected chi connectivity index (χ1v) is 8.50.